The van der Waals surface area contributed by atoms with Crippen molar-refractivity contribution in [2.75, 3.05) is 12.0 Å². The van der Waals surface area contributed by atoms with Gasteiger partial charge in [0, 0.05) is 23.4 Å². The molecule has 4 aromatic carbocycles. The van der Waals surface area contributed by atoms with E-state index in [1.807, 2.05) is 71.3 Å². The number of rotatable bonds is 7. The number of imide groups is 2. The number of barbiturate groups is 1. The van der Waals surface area contributed by atoms with Crippen LogP contribution in [0.25, 0.3) is 34.3 Å². The zero-order valence-corrected chi connectivity index (χ0v) is 23.3. The predicted molar refractivity (Wildman–Crippen MR) is 165 cm³/mol. The lowest BCUT2D eigenvalue weighted by Crippen LogP contribution is -2.54. The highest BCUT2D eigenvalue weighted by atomic mass is 16.6. The van der Waals surface area contributed by atoms with Gasteiger partial charge >= 0.3 is 6.03 Å². The lowest BCUT2D eigenvalue weighted by atomic mass is 10.0. The number of urea groups is 1. The summed E-state index contributed by atoms with van der Waals surface area (Å²) >= 11 is 0. The molecule has 1 fully saturated rings. The van der Waals surface area contributed by atoms with Crippen LogP contribution >= 0.6 is 0 Å². The fraction of sp³-hybridized carbons (Fsp3) is 0.0294. The van der Waals surface area contributed by atoms with E-state index in [9.17, 15) is 24.5 Å². The van der Waals surface area contributed by atoms with Gasteiger partial charge in [-0.3, -0.25) is 25.0 Å². The molecule has 0 saturated carbocycles. The molecule has 1 aliphatic rings. The van der Waals surface area contributed by atoms with Gasteiger partial charge in [0.2, 0.25) is 0 Å². The number of carbonyl (C=O) groups excluding carboxylic acids is 3. The molecule has 0 spiro atoms. The van der Waals surface area contributed by atoms with Crippen molar-refractivity contribution in [3.63, 3.8) is 0 Å². The zero-order chi connectivity index (χ0) is 30.8. The van der Waals surface area contributed by atoms with Crippen LogP contribution < -0.4 is 15.0 Å². The number of nitro groups is 1. The van der Waals surface area contributed by atoms with Gasteiger partial charge in [-0.15, -0.1) is 0 Å². The Hall–Kier alpha value is -6.29. The molecule has 5 aromatic rings. The fourth-order valence-corrected chi connectivity index (χ4v) is 5.12. The number of hydrogen-bond acceptors (Lipinski definition) is 6. The topological polar surface area (TPSA) is 124 Å². The molecular weight excluding hydrogens is 560 g/mol. The molecule has 6 rings (SSSR count). The third kappa shape index (κ3) is 5.12. The van der Waals surface area contributed by atoms with Crippen molar-refractivity contribution in [3.8, 4) is 34.0 Å². The lowest BCUT2D eigenvalue weighted by Gasteiger charge is -2.26. The van der Waals surface area contributed by atoms with Crippen LogP contribution in [0.1, 0.15) is 5.56 Å². The van der Waals surface area contributed by atoms with Crippen LogP contribution in [0.2, 0.25) is 0 Å². The van der Waals surface area contributed by atoms with Crippen LogP contribution in [0.5, 0.6) is 5.75 Å². The number of nitrogens with one attached hydrogen (secondary N) is 1. The van der Waals surface area contributed by atoms with E-state index < -0.39 is 22.8 Å². The van der Waals surface area contributed by atoms with Gasteiger partial charge in [0.25, 0.3) is 17.5 Å². The normalized spacial score (nSPS) is 14.1. The average Bonchev–Trinajstić information content (AvgIpc) is 3.43. The Balaban J connectivity index is 1.57. The molecule has 1 saturated heterocycles. The number of methoxy groups -OCH3 is 1. The Bertz CT molecular complexity index is 1930. The minimum Gasteiger partial charge on any atom is -0.497 e. The van der Waals surface area contributed by atoms with Crippen molar-refractivity contribution < 1.29 is 24.0 Å². The number of carbonyl (C=O) groups is 3. The Morgan fingerprint density at radius 3 is 1.95 bits per heavy atom. The summed E-state index contributed by atoms with van der Waals surface area (Å²) in [5, 5.41) is 13.7. The largest absolute Gasteiger partial charge is 0.497 e. The van der Waals surface area contributed by atoms with Gasteiger partial charge in [0.15, 0.2) is 0 Å². The van der Waals surface area contributed by atoms with E-state index in [0.29, 0.717) is 22.7 Å². The van der Waals surface area contributed by atoms with E-state index in [2.05, 4.69) is 5.32 Å². The standard InChI is InChI=1S/C34H24N4O6/c1-44-28-18-16-26(17-19-28)37-33(40)29(32(39)35-34(37)41)20-24-21-30(22-8-4-2-5-9-22)36(31(24)23-10-6-3-7-11-23)25-12-14-27(15-13-25)38(42)43/h2-21H,1H3,(H,35,39,41)/b29-20-. The van der Waals surface area contributed by atoms with Gasteiger partial charge in [0.05, 0.1) is 29.1 Å². The maximum Gasteiger partial charge on any atom is 0.335 e. The smallest absolute Gasteiger partial charge is 0.335 e. The third-order valence-corrected chi connectivity index (χ3v) is 7.20. The number of non-ortho nitro benzene ring substituents is 1. The number of nitrogens with zero attached hydrogens (tertiary/aromatic N) is 3. The Morgan fingerprint density at radius 2 is 1.36 bits per heavy atom. The summed E-state index contributed by atoms with van der Waals surface area (Å²) in [6.45, 7) is 0. The Labute approximate surface area is 251 Å². The monoisotopic (exact) mass is 584 g/mol. The Morgan fingerprint density at radius 1 is 0.773 bits per heavy atom. The minimum absolute atomic E-state index is 0.0569. The zero-order valence-electron chi connectivity index (χ0n) is 23.3. The third-order valence-electron chi connectivity index (χ3n) is 7.20. The maximum absolute atomic E-state index is 13.8. The van der Waals surface area contributed by atoms with Crippen molar-refractivity contribution in [1.29, 1.82) is 0 Å². The van der Waals surface area contributed by atoms with E-state index in [1.54, 1.807) is 36.4 Å². The number of nitro benzene ring substituents is 1. The van der Waals surface area contributed by atoms with Crippen LogP contribution in [0.15, 0.2) is 121 Å². The molecule has 44 heavy (non-hydrogen) atoms. The first-order valence-electron chi connectivity index (χ1n) is 13.5. The van der Waals surface area contributed by atoms with Gasteiger partial charge in [-0.1, -0.05) is 60.7 Å². The van der Waals surface area contributed by atoms with Crippen molar-refractivity contribution in [3.05, 3.63) is 137 Å². The second kappa shape index (κ2) is 11.5. The average molecular weight is 585 g/mol. The van der Waals surface area contributed by atoms with E-state index >= 15 is 0 Å². The molecule has 10 nitrogen and oxygen atoms in total. The first kappa shape index (κ1) is 27.9. The number of benzene rings is 4. The first-order chi connectivity index (χ1) is 21.4. The molecule has 1 aliphatic heterocycles. The summed E-state index contributed by atoms with van der Waals surface area (Å²) in [4.78, 5) is 51.5. The molecule has 1 aromatic heterocycles. The molecule has 216 valence electrons. The van der Waals surface area contributed by atoms with Gasteiger partial charge in [-0.25, -0.2) is 9.69 Å². The van der Waals surface area contributed by atoms with Gasteiger partial charge in [0.1, 0.15) is 11.3 Å². The molecule has 0 aliphatic carbocycles. The van der Waals surface area contributed by atoms with Gasteiger partial charge in [-0.05, 0) is 59.7 Å². The molecule has 0 bridgehead atoms. The number of aromatic nitrogens is 1. The summed E-state index contributed by atoms with van der Waals surface area (Å²) in [7, 11) is 1.50. The summed E-state index contributed by atoms with van der Waals surface area (Å²) in [6.07, 6.45) is 1.47. The van der Waals surface area contributed by atoms with Crippen LogP contribution in [0.3, 0.4) is 0 Å². The van der Waals surface area contributed by atoms with Gasteiger partial charge in [-0.2, -0.15) is 0 Å². The quantitative estimate of drug-likeness (QED) is 0.102. The van der Waals surface area contributed by atoms with Crippen molar-refractivity contribution >= 4 is 35.3 Å². The maximum atomic E-state index is 13.8. The second-order valence-electron chi connectivity index (χ2n) is 9.83. The SMILES string of the molecule is COc1ccc(N2C(=O)NC(=O)/C(=C/c3cc(-c4ccccc4)n(-c4ccc([N+](=O)[O-])cc4)c3-c3ccccc3)C2=O)cc1. The summed E-state index contributed by atoms with van der Waals surface area (Å²) < 4.78 is 7.11. The number of hydrogen-bond donors (Lipinski definition) is 1. The van der Waals surface area contributed by atoms with Crippen LogP contribution in [-0.4, -0.2) is 34.4 Å². The highest BCUT2D eigenvalue weighted by Gasteiger charge is 2.37. The molecule has 0 unspecified atom stereocenters. The fourth-order valence-electron chi connectivity index (χ4n) is 5.12. The highest BCUT2D eigenvalue weighted by molar-refractivity contribution is 6.39. The number of ether oxygens (including phenoxy) is 1. The summed E-state index contributed by atoms with van der Waals surface area (Å²) in [5.41, 5.74) is 4.09. The molecule has 1 N–H and O–H groups in total. The van der Waals surface area contributed by atoms with E-state index in [4.69, 9.17) is 4.74 Å². The number of amides is 4. The Kier molecular flexibility index (Phi) is 7.30. The van der Waals surface area contributed by atoms with E-state index in [1.165, 1.54) is 25.3 Å². The summed E-state index contributed by atoms with van der Waals surface area (Å²) in [5.74, 6) is -1.07. The van der Waals surface area contributed by atoms with Crippen LogP contribution in [0.4, 0.5) is 16.2 Å². The van der Waals surface area contributed by atoms with E-state index in [-0.39, 0.29) is 16.9 Å². The van der Waals surface area contributed by atoms with Crippen LogP contribution in [-0.2, 0) is 9.59 Å². The lowest BCUT2D eigenvalue weighted by molar-refractivity contribution is -0.384. The first-order valence-corrected chi connectivity index (χ1v) is 13.5. The highest BCUT2D eigenvalue weighted by Crippen LogP contribution is 2.38. The second-order valence-corrected chi connectivity index (χ2v) is 9.83. The molecule has 10 heteroatoms. The van der Waals surface area contributed by atoms with Gasteiger partial charge < -0.3 is 9.30 Å². The van der Waals surface area contributed by atoms with E-state index in [0.717, 1.165) is 21.7 Å². The summed E-state index contributed by atoms with van der Waals surface area (Å²) in [6, 6.07) is 32.4. The number of anilines is 1. The molecule has 0 atom stereocenters. The van der Waals surface area contributed by atoms with Crippen molar-refractivity contribution in [2.24, 2.45) is 0 Å². The predicted octanol–water partition coefficient (Wildman–Crippen LogP) is 6.39. The minimum atomic E-state index is -0.862. The molecule has 2 heterocycles. The van der Waals surface area contributed by atoms with Crippen molar-refractivity contribution in [2.45, 2.75) is 0 Å². The molecular formula is C34H24N4O6. The van der Waals surface area contributed by atoms with Crippen molar-refractivity contribution in [1.82, 2.24) is 9.88 Å². The van der Waals surface area contributed by atoms with Crippen LogP contribution in [0, 0.1) is 10.1 Å². The molecule has 0 radical (unpaired) electrons. The molecule has 4 amide bonds.